The van der Waals surface area contributed by atoms with Gasteiger partial charge in [-0.3, -0.25) is 4.79 Å². The quantitative estimate of drug-likeness (QED) is 0.770. The second kappa shape index (κ2) is 7.91. The summed E-state index contributed by atoms with van der Waals surface area (Å²) in [6.45, 7) is 10.5. The highest BCUT2D eigenvalue weighted by Crippen LogP contribution is 2.19. The normalized spacial score (nSPS) is 12.6. The first-order chi connectivity index (χ1) is 9.86. The van der Waals surface area contributed by atoms with Gasteiger partial charge in [-0.05, 0) is 45.7 Å². The molecule has 0 radical (unpaired) electrons. The smallest absolute Gasteiger partial charge is 0.239 e. The van der Waals surface area contributed by atoms with Crippen LogP contribution in [0.2, 0.25) is 0 Å². The summed E-state index contributed by atoms with van der Waals surface area (Å²) in [7, 11) is 0. The Labute approximate surface area is 128 Å². The molecule has 1 unspecified atom stereocenters. The van der Waals surface area contributed by atoms with Crippen LogP contribution in [0.4, 0.5) is 5.69 Å². The molecule has 2 N–H and O–H groups in total. The predicted octanol–water partition coefficient (Wildman–Crippen LogP) is 3.58. The molecule has 1 aromatic rings. The van der Waals surface area contributed by atoms with E-state index in [1.165, 1.54) is 0 Å². The minimum Gasteiger partial charge on any atom is -0.491 e. The van der Waals surface area contributed by atoms with Gasteiger partial charge in [0.15, 0.2) is 0 Å². The highest BCUT2D eigenvalue weighted by molar-refractivity contribution is 5.81. The Bertz CT molecular complexity index is 458. The zero-order chi connectivity index (χ0) is 15.9. The van der Waals surface area contributed by atoms with Crippen molar-refractivity contribution in [2.45, 2.75) is 59.1 Å². The third-order valence-corrected chi connectivity index (χ3v) is 3.56. The van der Waals surface area contributed by atoms with Crippen molar-refractivity contribution in [3.63, 3.8) is 0 Å². The van der Waals surface area contributed by atoms with E-state index in [1.54, 1.807) is 0 Å². The van der Waals surface area contributed by atoms with Crippen LogP contribution in [0.5, 0.6) is 5.75 Å². The molecule has 0 bridgehead atoms. The predicted molar refractivity (Wildman–Crippen MR) is 87.8 cm³/mol. The van der Waals surface area contributed by atoms with E-state index in [1.807, 2.05) is 45.0 Å². The van der Waals surface area contributed by atoms with Crippen LogP contribution in [0.15, 0.2) is 24.3 Å². The van der Waals surface area contributed by atoms with Gasteiger partial charge >= 0.3 is 0 Å². The highest BCUT2D eigenvalue weighted by atomic mass is 16.5. The molecule has 0 aromatic heterocycles. The molecule has 0 heterocycles. The van der Waals surface area contributed by atoms with E-state index in [-0.39, 0.29) is 24.1 Å². The van der Waals surface area contributed by atoms with Gasteiger partial charge in [0, 0.05) is 17.3 Å². The first-order valence-electron chi connectivity index (χ1n) is 7.68. The maximum Gasteiger partial charge on any atom is 0.239 e. The van der Waals surface area contributed by atoms with Gasteiger partial charge < -0.3 is 15.4 Å². The fourth-order valence-corrected chi connectivity index (χ4v) is 1.69. The maximum atomic E-state index is 11.9. The Hall–Kier alpha value is -1.71. The van der Waals surface area contributed by atoms with Crippen molar-refractivity contribution in [3.8, 4) is 5.75 Å². The second-order valence-corrected chi connectivity index (χ2v) is 6.00. The largest absolute Gasteiger partial charge is 0.491 e. The molecule has 0 aliphatic rings. The van der Waals surface area contributed by atoms with E-state index in [9.17, 15) is 4.79 Å². The van der Waals surface area contributed by atoms with E-state index < -0.39 is 0 Å². The Balaban J connectivity index is 2.52. The molecular weight excluding hydrogens is 264 g/mol. The molecule has 4 nitrogen and oxygen atoms in total. The zero-order valence-corrected chi connectivity index (χ0v) is 13.8. The lowest BCUT2D eigenvalue weighted by molar-refractivity contribution is -0.121. The Morgan fingerprint density at radius 1 is 1.33 bits per heavy atom. The van der Waals surface area contributed by atoms with E-state index in [0.717, 1.165) is 24.3 Å². The van der Waals surface area contributed by atoms with Gasteiger partial charge in [0.25, 0.3) is 0 Å². The molecular formula is C17H28N2O2. The van der Waals surface area contributed by atoms with Crippen molar-refractivity contribution >= 4 is 11.6 Å². The molecule has 1 aromatic carbocycles. The SMILES string of the molecule is CCC(C)Oc1cccc(NCC(=O)NC(C)(C)CC)c1. The summed E-state index contributed by atoms with van der Waals surface area (Å²) in [5, 5.41) is 6.13. The number of carbonyl (C=O) groups is 1. The van der Waals surface area contributed by atoms with E-state index in [2.05, 4.69) is 24.5 Å². The summed E-state index contributed by atoms with van der Waals surface area (Å²) in [6, 6.07) is 7.71. The molecule has 0 saturated carbocycles. The molecule has 0 aliphatic carbocycles. The topological polar surface area (TPSA) is 50.4 Å². The third kappa shape index (κ3) is 6.52. The second-order valence-electron chi connectivity index (χ2n) is 6.00. The van der Waals surface area contributed by atoms with Gasteiger partial charge in [0.1, 0.15) is 5.75 Å². The van der Waals surface area contributed by atoms with Gasteiger partial charge in [0.2, 0.25) is 5.91 Å². The van der Waals surface area contributed by atoms with Crippen molar-refractivity contribution in [1.29, 1.82) is 0 Å². The van der Waals surface area contributed by atoms with Gasteiger partial charge in [0.05, 0.1) is 12.6 Å². The van der Waals surface area contributed by atoms with E-state index in [4.69, 9.17) is 4.74 Å². The monoisotopic (exact) mass is 292 g/mol. The number of nitrogens with one attached hydrogen (secondary N) is 2. The third-order valence-electron chi connectivity index (χ3n) is 3.56. The molecule has 1 atom stereocenters. The van der Waals surface area contributed by atoms with Gasteiger partial charge in [-0.25, -0.2) is 0 Å². The molecule has 0 saturated heterocycles. The van der Waals surface area contributed by atoms with Crippen LogP contribution in [-0.4, -0.2) is 24.1 Å². The summed E-state index contributed by atoms with van der Waals surface area (Å²) >= 11 is 0. The number of ether oxygens (including phenoxy) is 1. The molecule has 0 spiro atoms. The van der Waals surface area contributed by atoms with Crippen LogP contribution in [0, 0.1) is 0 Å². The maximum absolute atomic E-state index is 11.9. The Kier molecular flexibility index (Phi) is 6.53. The fourth-order valence-electron chi connectivity index (χ4n) is 1.69. The van der Waals surface area contributed by atoms with Gasteiger partial charge in [-0.1, -0.05) is 19.9 Å². The molecule has 4 heteroatoms. The Morgan fingerprint density at radius 3 is 2.67 bits per heavy atom. The van der Waals surface area contributed by atoms with E-state index >= 15 is 0 Å². The first kappa shape index (κ1) is 17.3. The summed E-state index contributed by atoms with van der Waals surface area (Å²) in [5.41, 5.74) is 0.723. The molecule has 1 amide bonds. The standard InChI is InChI=1S/C17H28N2O2/c1-6-13(3)21-15-10-8-9-14(11-15)18-12-16(20)19-17(4,5)7-2/h8-11,13,18H,6-7,12H2,1-5H3,(H,19,20). The van der Waals surface area contributed by atoms with Gasteiger partial charge in [-0.2, -0.15) is 0 Å². The first-order valence-corrected chi connectivity index (χ1v) is 7.68. The summed E-state index contributed by atoms with van der Waals surface area (Å²) in [6.07, 6.45) is 2.05. The number of rotatable bonds is 8. The number of amides is 1. The van der Waals surface area contributed by atoms with Crippen LogP contribution >= 0.6 is 0 Å². The number of hydrogen-bond acceptors (Lipinski definition) is 3. The van der Waals surface area contributed by atoms with Crippen LogP contribution in [0.3, 0.4) is 0 Å². The zero-order valence-electron chi connectivity index (χ0n) is 13.8. The molecule has 21 heavy (non-hydrogen) atoms. The molecule has 0 aliphatic heterocycles. The lowest BCUT2D eigenvalue weighted by Gasteiger charge is -2.24. The fraction of sp³-hybridized carbons (Fsp3) is 0.588. The average molecular weight is 292 g/mol. The lowest BCUT2D eigenvalue weighted by atomic mass is 10.0. The number of carbonyl (C=O) groups excluding carboxylic acids is 1. The van der Waals surface area contributed by atoms with Crippen LogP contribution < -0.4 is 15.4 Å². The van der Waals surface area contributed by atoms with Crippen molar-refractivity contribution in [1.82, 2.24) is 5.32 Å². The summed E-state index contributed by atoms with van der Waals surface area (Å²) in [5.74, 6) is 0.818. The van der Waals surface area contributed by atoms with Crippen LogP contribution in [-0.2, 0) is 4.79 Å². The lowest BCUT2D eigenvalue weighted by Crippen LogP contribution is -2.45. The minimum absolute atomic E-state index is 0.00454. The molecule has 118 valence electrons. The molecule has 1 rings (SSSR count). The number of anilines is 1. The molecule has 0 fully saturated rings. The van der Waals surface area contributed by atoms with Crippen molar-refractivity contribution in [2.75, 3.05) is 11.9 Å². The minimum atomic E-state index is -0.166. The van der Waals surface area contributed by atoms with Gasteiger partial charge in [-0.15, -0.1) is 0 Å². The van der Waals surface area contributed by atoms with Crippen molar-refractivity contribution in [2.24, 2.45) is 0 Å². The number of benzene rings is 1. The van der Waals surface area contributed by atoms with Crippen LogP contribution in [0.1, 0.15) is 47.5 Å². The highest BCUT2D eigenvalue weighted by Gasteiger charge is 2.17. The number of hydrogen-bond donors (Lipinski definition) is 2. The van der Waals surface area contributed by atoms with Crippen molar-refractivity contribution in [3.05, 3.63) is 24.3 Å². The average Bonchev–Trinajstić information content (AvgIpc) is 2.45. The van der Waals surface area contributed by atoms with Crippen molar-refractivity contribution < 1.29 is 9.53 Å². The summed E-state index contributed by atoms with van der Waals surface area (Å²) in [4.78, 5) is 11.9. The van der Waals surface area contributed by atoms with Crippen LogP contribution in [0.25, 0.3) is 0 Å². The van der Waals surface area contributed by atoms with E-state index in [0.29, 0.717) is 0 Å². The summed E-state index contributed by atoms with van der Waals surface area (Å²) < 4.78 is 5.77. The Morgan fingerprint density at radius 2 is 2.05 bits per heavy atom.